The second-order valence-corrected chi connectivity index (χ2v) is 14.2. The molecular weight excluding hydrogens is 563 g/mol. The molecule has 0 radical (unpaired) electrons. The number of benzene rings is 2. The summed E-state index contributed by atoms with van der Waals surface area (Å²) in [6.45, 7) is 10.3. The minimum atomic E-state index is -1.42. The number of phenols is 1. The summed E-state index contributed by atoms with van der Waals surface area (Å²) >= 11 is 0. The average Bonchev–Trinajstić information content (AvgIpc) is 3.02. The summed E-state index contributed by atoms with van der Waals surface area (Å²) in [4.78, 5) is 0. The van der Waals surface area contributed by atoms with Gasteiger partial charge in [-0.15, -0.1) is 0 Å². The lowest BCUT2D eigenvalue weighted by Gasteiger charge is -2.26. The standard InChI is InChI=1S/C39H65O4P/c1-5-7-9-11-13-15-17-19-21-23-33-41-44(42-34-24-22-20-18-16-14-12-10-8-6-2)43-38-31-27-36(28-32-38)39(3,4)35-25-29-37(40)30-26-35/h25-32,40H,5-24,33-34H2,1-4H3. The van der Waals surface area contributed by atoms with Crippen molar-refractivity contribution in [3.63, 3.8) is 0 Å². The highest BCUT2D eigenvalue weighted by molar-refractivity contribution is 7.42. The number of rotatable bonds is 28. The second kappa shape index (κ2) is 24.6. The van der Waals surface area contributed by atoms with Crippen LogP contribution in [0.1, 0.15) is 167 Å². The van der Waals surface area contributed by atoms with E-state index < -0.39 is 8.60 Å². The van der Waals surface area contributed by atoms with Crippen LogP contribution in [0.25, 0.3) is 0 Å². The molecule has 1 N–H and O–H groups in total. The topological polar surface area (TPSA) is 47.9 Å². The third kappa shape index (κ3) is 17.2. The number of hydrogen-bond acceptors (Lipinski definition) is 4. The smallest absolute Gasteiger partial charge is 0.397 e. The van der Waals surface area contributed by atoms with E-state index in [9.17, 15) is 5.11 Å². The van der Waals surface area contributed by atoms with Gasteiger partial charge in [0.1, 0.15) is 11.5 Å². The van der Waals surface area contributed by atoms with Crippen LogP contribution in [0.4, 0.5) is 0 Å². The molecule has 0 saturated carbocycles. The van der Waals surface area contributed by atoms with Gasteiger partial charge in [0.2, 0.25) is 0 Å². The second-order valence-electron chi connectivity index (χ2n) is 13.0. The van der Waals surface area contributed by atoms with Crippen LogP contribution in [-0.2, 0) is 14.5 Å². The Balaban J connectivity index is 1.77. The number of hydrogen-bond donors (Lipinski definition) is 1. The molecule has 2 rings (SSSR count). The van der Waals surface area contributed by atoms with Crippen LogP contribution in [0.2, 0.25) is 0 Å². The van der Waals surface area contributed by atoms with Crippen molar-refractivity contribution in [2.45, 2.75) is 162 Å². The number of unbranched alkanes of at least 4 members (excludes halogenated alkanes) is 18. The third-order valence-electron chi connectivity index (χ3n) is 8.73. The molecule has 0 aliphatic heterocycles. The van der Waals surface area contributed by atoms with Crippen molar-refractivity contribution in [3.8, 4) is 11.5 Å². The third-order valence-corrected chi connectivity index (χ3v) is 9.88. The Morgan fingerprint density at radius 3 is 1.23 bits per heavy atom. The van der Waals surface area contributed by atoms with Crippen LogP contribution in [0.5, 0.6) is 11.5 Å². The first-order valence-corrected chi connectivity index (χ1v) is 19.2. The fraction of sp³-hybridized carbons (Fsp3) is 0.692. The summed E-state index contributed by atoms with van der Waals surface area (Å²) in [6.07, 6.45) is 26.2. The Hall–Kier alpha value is -1.61. The zero-order valence-electron chi connectivity index (χ0n) is 28.8. The molecule has 0 fully saturated rings. The lowest BCUT2D eigenvalue weighted by molar-refractivity contribution is 0.198. The summed E-state index contributed by atoms with van der Waals surface area (Å²) in [5, 5.41) is 9.69. The highest BCUT2D eigenvalue weighted by Crippen LogP contribution is 2.42. The van der Waals surface area contributed by atoms with Gasteiger partial charge in [0.15, 0.2) is 0 Å². The van der Waals surface area contributed by atoms with E-state index in [0.717, 1.165) is 24.2 Å². The predicted octanol–water partition coefficient (Wildman–Crippen LogP) is 13.2. The van der Waals surface area contributed by atoms with Gasteiger partial charge in [-0.1, -0.05) is 168 Å². The van der Waals surface area contributed by atoms with E-state index in [4.69, 9.17) is 13.6 Å². The van der Waals surface area contributed by atoms with Crippen molar-refractivity contribution in [1.82, 2.24) is 0 Å². The summed E-state index contributed by atoms with van der Waals surface area (Å²) in [7, 11) is -1.42. The average molecular weight is 629 g/mol. The maximum atomic E-state index is 9.69. The molecule has 2 aromatic carbocycles. The van der Waals surface area contributed by atoms with Crippen molar-refractivity contribution in [1.29, 1.82) is 0 Å². The minimum absolute atomic E-state index is 0.186. The summed E-state index contributed by atoms with van der Waals surface area (Å²) in [6, 6.07) is 15.8. The molecule has 44 heavy (non-hydrogen) atoms. The van der Waals surface area contributed by atoms with Crippen molar-refractivity contribution in [3.05, 3.63) is 59.7 Å². The van der Waals surface area contributed by atoms with Crippen LogP contribution < -0.4 is 4.52 Å². The van der Waals surface area contributed by atoms with Gasteiger partial charge in [0.25, 0.3) is 0 Å². The molecule has 4 nitrogen and oxygen atoms in total. The molecule has 0 aromatic heterocycles. The van der Waals surface area contributed by atoms with Crippen molar-refractivity contribution in [2.75, 3.05) is 13.2 Å². The first-order valence-electron chi connectivity index (χ1n) is 18.1. The van der Waals surface area contributed by atoms with Gasteiger partial charge in [-0.25, -0.2) is 0 Å². The lowest BCUT2D eigenvalue weighted by atomic mass is 9.78. The van der Waals surface area contributed by atoms with Crippen LogP contribution in [-0.4, -0.2) is 18.3 Å². The number of phenolic OH excluding ortho intramolecular Hbond substituents is 1. The van der Waals surface area contributed by atoms with Crippen LogP contribution in [0.15, 0.2) is 48.5 Å². The normalized spacial score (nSPS) is 11.8. The minimum Gasteiger partial charge on any atom is -0.508 e. The predicted molar refractivity (Wildman–Crippen MR) is 190 cm³/mol. The van der Waals surface area contributed by atoms with E-state index in [1.807, 2.05) is 24.3 Å². The van der Waals surface area contributed by atoms with Crippen molar-refractivity contribution in [2.24, 2.45) is 0 Å². The fourth-order valence-corrected chi connectivity index (χ4v) is 6.64. The first kappa shape index (κ1) is 38.6. The van der Waals surface area contributed by atoms with Crippen molar-refractivity contribution >= 4 is 8.60 Å². The summed E-state index contributed by atoms with van der Waals surface area (Å²) in [5.74, 6) is 1.07. The molecular formula is C39H65O4P. The van der Waals surface area contributed by atoms with Crippen molar-refractivity contribution < 1.29 is 18.7 Å². The molecule has 0 amide bonds. The Morgan fingerprint density at radius 2 is 0.841 bits per heavy atom. The zero-order chi connectivity index (χ0) is 31.7. The first-order chi connectivity index (χ1) is 21.5. The summed E-state index contributed by atoms with van der Waals surface area (Å²) < 4.78 is 18.6. The fourth-order valence-electron chi connectivity index (χ4n) is 5.61. The molecule has 0 heterocycles. The van der Waals surface area contributed by atoms with Gasteiger partial charge in [-0.05, 0) is 48.2 Å². The lowest BCUT2D eigenvalue weighted by Crippen LogP contribution is -2.18. The molecule has 250 valence electrons. The van der Waals surface area contributed by atoms with E-state index in [2.05, 4.69) is 39.8 Å². The van der Waals surface area contributed by atoms with E-state index >= 15 is 0 Å². The van der Waals surface area contributed by atoms with E-state index in [1.165, 1.54) is 121 Å². The van der Waals surface area contributed by atoms with Gasteiger partial charge >= 0.3 is 8.60 Å². The maximum absolute atomic E-state index is 9.69. The largest absolute Gasteiger partial charge is 0.508 e. The van der Waals surface area contributed by atoms with E-state index in [-0.39, 0.29) is 11.2 Å². The van der Waals surface area contributed by atoms with Gasteiger partial charge in [-0.3, -0.25) is 0 Å². The maximum Gasteiger partial charge on any atom is 0.397 e. The molecule has 0 aliphatic rings. The highest BCUT2D eigenvalue weighted by atomic mass is 31.2. The molecule has 0 aliphatic carbocycles. The molecule has 5 heteroatoms. The van der Waals surface area contributed by atoms with E-state index in [0.29, 0.717) is 13.2 Å². The quantitative estimate of drug-likeness (QED) is 0.0752. The molecule has 2 aromatic rings. The highest BCUT2D eigenvalue weighted by Gasteiger charge is 2.23. The van der Waals surface area contributed by atoms with Gasteiger partial charge in [-0.2, -0.15) is 0 Å². The van der Waals surface area contributed by atoms with E-state index in [1.54, 1.807) is 12.1 Å². The monoisotopic (exact) mass is 628 g/mol. The summed E-state index contributed by atoms with van der Waals surface area (Å²) in [5.41, 5.74) is 2.16. The van der Waals surface area contributed by atoms with Gasteiger partial charge in [0, 0.05) is 5.41 Å². The molecule has 0 spiro atoms. The number of aromatic hydroxyl groups is 1. The zero-order valence-corrected chi connectivity index (χ0v) is 29.7. The van der Waals surface area contributed by atoms with Gasteiger partial charge < -0.3 is 18.7 Å². The molecule has 0 saturated heterocycles. The Morgan fingerprint density at radius 1 is 0.500 bits per heavy atom. The van der Waals surface area contributed by atoms with Gasteiger partial charge in [0.05, 0.1) is 13.2 Å². The van der Waals surface area contributed by atoms with Crippen LogP contribution >= 0.6 is 8.60 Å². The van der Waals surface area contributed by atoms with Crippen LogP contribution in [0, 0.1) is 0 Å². The Labute approximate surface area is 272 Å². The molecule has 0 atom stereocenters. The molecule has 0 unspecified atom stereocenters. The Kier molecular flexibility index (Phi) is 21.6. The van der Waals surface area contributed by atoms with Crippen LogP contribution in [0.3, 0.4) is 0 Å². The Bertz CT molecular complexity index is 902. The molecule has 0 bridgehead atoms. The SMILES string of the molecule is CCCCCCCCCCCCOP(OCCCCCCCCCCCC)Oc1ccc(C(C)(C)c2ccc(O)cc2)cc1.